The summed E-state index contributed by atoms with van der Waals surface area (Å²) in [6.07, 6.45) is 3.93. The average Bonchev–Trinajstić information content (AvgIpc) is 2.89. The predicted octanol–water partition coefficient (Wildman–Crippen LogP) is 1.06. The van der Waals surface area contributed by atoms with E-state index in [1.165, 1.54) is 19.3 Å². The smallest absolute Gasteiger partial charge is 0.225 e. The summed E-state index contributed by atoms with van der Waals surface area (Å²) in [7, 11) is 1.60. The zero-order valence-corrected chi connectivity index (χ0v) is 9.39. The van der Waals surface area contributed by atoms with Crippen LogP contribution in [0, 0.1) is 5.92 Å². The van der Waals surface area contributed by atoms with E-state index in [4.69, 9.17) is 10.5 Å². The second-order valence-electron chi connectivity index (χ2n) is 4.61. The molecular weight excluding hydrogens is 204 g/mol. The van der Waals surface area contributed by atoms with Gasteiger partial charge in [-0.3, -0.25) is 0 Å². The molecule has 2 bridgehead atoms. The molecule has 1 aromatic heterocycles. The Labute approximate surface area is 94.6 Å². The minimum atomic E-state index is 0.289. The lowest BCUT2D eigenvalue weighted by Gasteiger charge is -2.28. The number of nitrogens with zero attached hydrogens (tertiary/aromatic N) is 3. The number of nitrogens with two attached hydrogens (primary N) is 1. The summed E-state index contributed by atoms with van der Waals surface area (Å²) in [6.45, 7) is 1.10. The molecule has 0 aromatic carbocycles. The van der Waals surface area contributed by atoms with Crippen molar-refractivity contribution in [3.63, 3.8) is 0 Å². The third kappa shape index (κ3) is 1.47. The SMILES string of the molecule is COc1cc(N2CC3CCC2C3)nc(N)n1. The molecule has 0 radical (unpaired) electrons. The molecule has 1 aliphatic carbocycles. The van der Waals surface area contributed by atoms with Crippen LogP contribution >= 0.6 is 0 Å². The lowest BCUT2D eigenvalue weighted by molar-refractivity contribution is 0.397. The van der Waals surface area contributed by atoms with Crippen molar-refractivity contribution >= 4 is 11.8 Å². The zero-order chi connectivity index (χ0) is 11.1. The number of ether oxygens (including phenoxy) is 1. The number of aromatic nitrogens is 2. The Morgan fingerprint density at radius 3 is 2.94 bits per heavy atom. The fourth-order valence-electron chi connectivity index (χ4n) is 2.89. The number of fused-ring (bicyclic) bond motifs is 2. The van der Waals surface area contributed by atoms with Crippen LogP contribution in [0.2, 0.25) is 0 Å². The zero-order valence-electron chi connectivity index (χ0n) is 9.39. The van der Waals surface area contributed by atoms with Crippen molar-refractivity contribution in [3.8, 4) is 5.88 Å². The summed E-state index contributed by atoms with van der Waals surface area (Å²) < 4.78 is 5.12. The van der Waals surface area contributed by atoms with Gasteiger partial charge in [-0.15, -0.1) is 0 Å². The van der Waals surface area contributed by atoms with Gasteiger partial charge >= 0.3 is 0 Å². The molecule has 2 aliphatic rings. The van der Waals surface area contributed by atoms with Crippen molar-refractivity contribution in [3.05, 3.63) is 6.07 Å². The van der Waals surface area contributed by atoms with Gasteiger partial charge in [-0.1, -0.05) is 0 Å². The van der Waals surface area contributed by atoms with Gasteiger partial charge in [0.25, 0.3) is 0 Å². The molecule has 1 saturated carbocycles. The highest BCUT2D eigenvalue weighted by molar-refractivity contribution is 5.48. The molecule has 16 heavy (non-hydrogen) atoms. The number of hydrogen-bond donors (Lipinski definition) is 1. The Morgan fingerprint density at radius 1 is 1.44 bits per heavy atom. The first kappa shape index (κ1) is 9.69. The van der Waals surface area contributed by atoms with Crippen LogP contribution in [0.25, 0.3) is 0 Å². The fourth-order valence-corrected chi connectivity index (χ4v) is 2.89. The fraction of sp³-hybridized carbons (Fsp3) is 0.636. The number of methoxy groups -OCH3 is 1. The van der Waals surface area contributed by atoms with Crippen molar-refractivity contribution in [2.24, 2.45) is 5.92 Å². The van der Waals surface area contributed by atoms with Crippen LogP contribution in [0.1, 0.15) is 19.3 Å². The molecule has 1 aliphatic heterocycles. The van der Waals surface area contributed by atoms with E-state index in [-0.39, 0.29) is 5.95 Å². The molecule has 1 aromatic rings. The lowest BCUT2D eigenvalue weighted by atomic mass is 10.1. The molecule has 2 fully saturated rings. The summed E-state index contributed by atoms with van der Waals surface area (Å²) in [5, 5.41) is 0. The van der Waals surface area contributed by atoms with E-state index in [0.29, 0.717) is 11.9 Å². The van der Waals surface area contributed by atoms with E-state index in [9.17, 15) is 0 Å². The lowest BCUT2D eigenvalue weighted by Crippen LogP contribution is -2.32. The highest BCUT2D eigenvalue weighted by atomic mass is 16.5. The first-order valence-electron chi connectivity index (χ1n) is 5.71. The van der Waals surface area contributed by atoms with Gasteiger partial charge in [0, 0.05) is 18.7 Å². The maximum atomic E-state index is 5.67. The molecule has 0 amide bonds. The minimum Gasteiger partial charge on any atom is -0.481 e. The Hall–Kier alpha value is -1.52. The maximum Gasteiger partial charge on any atom is 0.225 e. The van der Waals surface area contributed by atoms with Crippen LogP contribution in [0.3, 0.4) is 0 Å². The van der Waals surface area contributed by atoms with Gasteiger partial charge < -0.3 is 15.4 Å². The quantitative estimate of drug-likeness (QED) is 0.807. The molecule has 1 saturated heterocycles. The Bertz CT molecular complexity index is 409. The van der Waals surface area contributed by atoms with Gasteiger partial charge in [0.05, 0.1) is 7.11 Å². The standard InChI is InChI=1S/C11H16N4O/c1-16-10-5-9(13-11(12)14-10)15-6-7-2-3-8(15)4-7/h5,7-8H,2-4,6H2,1H3,(H2,12,13,14). The number of anilines is 2. The van der Waals surface area contributed by atoms with Crippen LogP contribution in [-0.2, 0) is 0 Å². The van der Waals surface area contributed by atoms with E-state index in [2.05, 4.69) is 14.9 Å². The van der Waals surface area contributed by atoms with E-state index in [1.807, 2.05) is 6.07 Å². The normalized spacial score (nSPS) is 27.4. The van der Waals surface area contributed by atoms with Gasteiger partial charge in [-0.25, -0.2) is 0 Å². The summed E-state index contributed by atoms with van der Waals surface area (Å²) in [6, 6.07) is 2.51. The van der Waals surface area contributed by atoms with Crippen molar-refractivity contribution in [1.29, 1.82) is 0 Å². The highest BCUT2D eigenvalue weighted by Crippen LogP contribution is 2.40. The van der Waals surface area contributed by atoms with Crippen LogP contribution < -0.4 is 15.4 Å². The van der Waals surface area contributed by atoms with Crippen molar-refractivity contribution in [2.45, 2.75) is 25.3 Å². The summed E-state index contributed by atoms with van der Waals surface area (Å²) >= 11 is 0. The molecular formula is C11H16N4O. The molecule has 2 atom stereocenters. The molecule has 2 N–H and O–H groups in total. The largest absolute Gasteiger partial charge is 0.481 e. The van der Waals surface area contributed by atoms with Gasteiger partial charge in [0.2, 0.25) is 11.8 Å². The average molecular weight is 220 g/mol. The number of nitrogen functional groups attached to an aromatic ring is 1. The van der Waals surface area contributed by atoms with E-state index >= 15 is 0 Å². The second kappa shape index (κ2) is 3.50. The first-order chi connectivity index (χ1) is 7.76. The van der Waals surface area contributed by atoms with Crippen molar-refractivity contribution < 1.29 is 4.74 Å². The topological polar surface area (TPSA) is 64.3 Å². The van der Waals surface area contributed by atoms with E-state index in [0.717, 1.165) is 18.3 Å². The Balaban J connectivity index is 1.91. The molecule has 5 nitrogen and oxygen atoms in total. The molecule has 2 heterocycles. The monoisotopic (exact) mass is 220 g/mol. The Morgan fingerprint density at radius 2 is 2.31 bits per heavy atom. The number of rotatable bonds is 2. The Kier molecular flexibility index (Phi) is 2.12. The summed E-state index contributed by atoms with van der Waals surface area (Å²) in [4.78, 5) is 10.6. The van der Waals surface area contributed by atoms with Gasteiger partial charge in [-0.2, -0.15) is 9.97 Å². The third-order valence-corrected chi connectivity index (χ3v) is 3.62. The van der Waals surface area contributed by atoms with Crippen LogP contribution in [0.4, 0.5) is 11.8 Å². The summed E-state index contributed by atoms with van der Waals surface area (Å²) in [5.74, 6) is 2.59. The van der Waals surface area contributed by atoms with Gasteiger partial charge in [-0.05, 0) is 25.2 Å². The highest BCUT2D eigenvalue weighted by Gasteiger charge is 2.38. The minimum absolute atomic E-state index is 0.289. The molecule has 86 valence electrons. The molecule has 5 heteroatoms. The van der Waals surface area contributed by atoms with E-state index in [1.54, 1.807) is 7.11 Å². The van der Waals surface area contributed by atoms with Gasteiger partial charge in [0.1, 0.15) is 5.82 Å². The van der Waals surface area contributed by atoms with Crippen LogP contribution in [-0.4, -0.2) is 29.7 Å². The number of piperidine rings is 1. The first-order valence-corrected chi connectivity index (χ1v) is 5.71. The maximum absolute atomic E-state index is 5.67. The van der Waals surface area contributed by atoms with Gasteiger partial charge in [0.15, 0.2) is 0 Å². The van der Waals surface area contributed by atoms with Crippen molar-refractivity contribution in [2.75, 3.05) is 24.3 Å². The molecule has 2 unspecified atom stereocenters. The summed E-state index contributed by atoms with van der Waals surface area (Å²) in [5.41, 5.74) is 5.67. The molecule has 0 spiro atoms. The third-order valence-electron chi connectivity index (χ3n) is 3.62. The molecule has 3 rings (SSSR count). The predicted molar refractivity (Wildman–Crippen MR) is 61.5 cm³/mol. The van der Waals surface area contributed by atoms with Crippen LogP contribution in [0.15, 0.2) is 6.07 Å². The second-order valence-corrected chi connectivity index (χ2v) is 4.61. The number of hydrogen-bond acceptors (Lipinski definition) is 5. The van der Waals surface area contributed by atoms with E-state index < -0.39 is 0 Å². The van der Waals surface area contributed by atoms with Crippen LogP contribution in [0.5, 0.6) is 5.88 Å². The van der Waals surface area contributed by atoms with Crippen molar-refractivity contribution in [1.82, 2.24) is 9.97 Å².